The lowest BCUT2D eigenvalue weighted by molar-refractivity contribution is 0.0699. The minimum absolute atomic E-state index is 0.167. The van der Waals surface area contributed by atoms with Crippen LogP contribution in [0.2, 0.25) is 0 Å². The van der Waals surface area contributed by atoms with Crippen molar-refractivity contribution in [2.75, 3.05) is 7.11 Å². The van der Waals surface area contributed by atoms with Crippen LogP contribution in [0.25, 0.3) is 22.4 Å². The van der Waals surface area contributed by atoms with Gasteiger partial charge in [-0.2, -0.15) is 0 Å². The van der Waals surface area contributed by atoms with Gasteiger partial charge < -0.3 is 14.3 Å². The van der Waals surface area contributed by atoms with Crippen molar-refractivity contribution in [3.05, 3.63) is 48.2 Å². The lowest BCUT2D eigenvalue weighted by atomic mass is 10.1. The molecule has 0 saturated carbocycles. The molecule has 2 aromatic heterocycles. The standard InChI is InChI=1S/C15H11NO4/c1-19-9-4-5-12-10(7-9)11(15(17)18)8-13(16-12)14-3-2-6-20-14/h2-8H,1H3,(H,17,18). The molecule has 2 heterocycles. The predicted octanol–water partition coefficient (Wildman–Crippen LogP) is 3.20. The van der Waals surface area contributed by atoms with E-state index in [9.17, 15) is 9.90 Å². The summed E-state index contributed by atoms with van der Waals surface area (Å²) >= 11 is 0. The maximum absolute atomic E-state index is 11.4. The van der Waals surface area contributed by atoms with E-state index in [2.05, 4.69) is 4.98 Å². The Bertz CT molecular complexity index is 778. The quantitative estimate of drug-likeness (QED) is 0.790. The molecule has 3 aromatic rings. The fraction of sp³-hybridized carbons (Fsp3) is 0.0667. The van der Waals surface area contributed by atoms with Crippen LogP contribution in [0.4, 0.5) is 0 Å². The van der Waals surface area contributed by atoms with Gasteiger partial charge in [-0.05, 0) is 36.4 Å². The Labute approximate surface area is 114 Å². The van der Waals surface area contributed by atoms with Gasteiger partial charge in [0.25, 0.3) is 0 Å². The zero-order chi connectivity index (χ0) is 14.1. The number of ether oxygens (including phenoxy) is 1. The van der Waals surface area contributed by atoms with Crippen LogP contribution in [0.1, 0.15) is 10.4 Å². The van der Waals surface area contributed by atoms with Crippen LogP contribution in [0, 0.1) is 0 Å². The maximum atomic E-state index is 11.4. The molecule has 1 N–H and O–H groups in total. The van der Waals surface area contributed by atoms with Crippen molar-refractivity contribution in [3.63, 3.8) is 0 Å². The van der Waals surface area contributed by atoms with Crippen molar-refractivity contribution in [2.24, 2.45) is 0 Å². The fourth-order valence-electron chi connectivity index (χ4n) is 2.06. The molecule has 5 heteroatoms. The van der Waals surface area contributed by atoms with Gasteiger partial charge in [-0.3, -0.25) is 0 Å². The monoisotopic (exact) mass is 269 g/mol. The minimum atomic E-state index is -1.02. The third kappa shape index (κ3) is 1.99. The summed E-state index contributed by atoms with van der Waals surface area (Å²) in [6.45, 7) is 0. The Hall–Kier alpha value is -2.82. The minimum Gasteiger partial charge on any atom is -0.497 e. The zero-order valence-corrected chi connectivity index (χ0v) is 10.7. The molecule has 0 aliphatic heterocycles. The molecule has 0 fully saturated rings. The molecule has 100 valence electrons. The normalized spacial score (nSPS) is 10.7. The topological polar surface area (TPSA) is 72.6 Å². The molecule has 0 atom stereocenters. The van der Waals surface area contributed by atoms with E-state index in [-0.39, 0.29) is 5.56 Å². The number of hydrogen-bond acceptors (Lipinski definition) is 4. The van der Waals surface area contributed by atoms with E-state index in [0.717, 1.165) is 0 Å². The van der Waals surface area contributed by atoms with Crippen LogP contribution in [0.5, 0.6) is 5.75 Å². The molecule has 5 nitrogen and oxygen atoms in total. The van der Waals surface area contributed by atoms with Crippen LogP contribution < -0.4 is 4.74 Å². The SMILES string of the molecule is COc1ccc2nc(-c3ccco3)cc(C(=O)O)c2c1. The van der Waals surface area contributed by atoms with Gasteiger partial charge in [-0.15, -0.1) is 0 Å². The summed E-state index contributed by atoms with van der Waals surface area (Å²) in [7, 11) is 1.53. The number of rotatable bonds is 3. The molecule has 0 aliphatic rings. The zero-order valence-electron chi connectivity index (χ0n) is 10.7. The fourth-order valence-corrected chi connectivity index (χ4v) is 2.06. The summed E-state index contributed by atoms with van der Waals surface area (Å²) in [6, 6.07) is 10.1. The van der Waals surface area contributed by atoms with Crippen molar-refractivity contribution in [2.45, 2.75) is 0 Å². The van der Waals surface area contributed by atoms with Crippen molar-refractivity contribution in [1.29, 1.82) is 0 Å². The largest absolute Gasteiger partial charge is 0.497 e. The van der Waals surface area contributed by atoms with Crippen molar-refractivity contribution < 1.29 is 19.1 Å². The molecule has 0 aliphatic carbocycles. The van der Waals surface area contributed by atoms with Crippen molar-refractivity contribution in [3.8, 4) is 17.2 Å². The van der Waals surface area contributed by atoms with Crippen LogP contribution in [-0.4, -0.2) is 23.2 Å². The number of fused-ring (bicyclic) bond motifs is 1. The third-order valence-corrected chi connectivity index (χ3v) is 3.02. The highest BCUT2D eigenvalue weighted by Gasteiger charge is 2.14. The van der Waals surface area contributed by atoms with Gasteiger partial charge >= 0.3 is 5.97 Å². The number of aromatic carboxylic acids is 1. The number of benzene rings is 1. The number of carbonyl (C=O) groups is 1. The molecule has 20 heavy (non-hydrogen) atoms. The van der Waals surface area contributed by atoms with Gasteiger partial charge in [-0.1, -0.05) is 0 Å². The molecular weight excluding hydrogens is 258 g/mol. The highest BCUT2D eigenvalue weighted by molar-refractivity contribution is 6.04. The Morgan fingerprint density at radius 3 is 2.80 bits per heavy atom. The lowest BCUT2D eigenvalue weighted by Gasteiger charge is -2.07. The first-order valence-electron chi connectivity index (χ1n) is 5.95. The van der Waals surface area contributed by atoms with Crippen LogP contribution in [0.3, 0.4) is 0 Å². The van der Waals surface area contributed by atoms with E-state index in [4.69, 9.17) is 9.15 Å². The van der Waals surface area contributed by atoms with E-state index >= 15 is 0 Å². The lowest BCUT2D eigenvalue weighted by Crippen LogP contribution is -2.00. The number of methoxy groups -OCH3 is 1. The summed E-state index contributed by atoms with van der Waals surface area (Å²) in [5.74, 6) is 0.108. The second-order valence-corrected chi connectivity index (χ2v) is 4.22. The molecular formula is C15H11NO4. The Kier molecular flexibility index (Phi) is 2.87. The van der Waals surface area contributed by atoms with Crippen molar-refractivity contribution >= 4 is 16.9 Å². The smallest absolute Gasteiger partial charge is 0.336 e. The molecule has 0 unspecified atom stereocenters. The van der Waals surface area contributed by atoms with Gasteiger partial charge in [0.2, 0.25) is 0 Å². The number of carboxylic acid groups (broad SMARTS) is 1. The van der Waals surface area contributed by atoms with E-state index in [1.165, 1.54) is 19.4 Å². The van der Waals surface area contributed by atoms with Gasteiger partial charge in [0, 0.05) is 5.39 Å². The Morgan fingerprint density at radius 1 is 1.30 bits per heavy atom. The van der Waals surface area contributed by atoms with E-state index in [0.29, 0.717) is 28.1 Å². The second kappa shape index (κ2) is 4.70. The predicted molar refractivity (Wildman–Crippen MR) is 73.0 cm³/mol. The maximum Gasteiger partial charge on any atom is 0.336 e. The number of nitrogens with zero attached hydrogens (tertiary/aromatic N) is 1. The highest BCUT2D eigenvalue weighted by Crippen LogP contribution is 2.27. The molecule has 3 rings (SSSR count). The van der Waals surface area contributed by atoms with Gasteiger partial charge in [0.1, 0.15) is 11.4 Å². The molecule has 0 bridgehead atoms. The third-order valence-electron chi connectivity index (χ3n) is 3.02. The summed E-state index contributed by atoms with van der Waals surface area (Å²) in [4.78, 5) is 15.9. The Morgan fingerprint density at radius 2 is 2.15 bits per heavy atom. The Balaban J connectivity index is 2.30. The summed E-state index contributed by atoms with van der Waals surface area (Å²) < 4.78 is 10.4. The molecule has 0 amide bonds. The number of furan rings is 1. The van der Waals surface area contributed by atoms with E-state index in [1.807, 2.05) is 0 Å². The van der Waals surface area contributed by atoms with Crippen LogP contribution >= 0.6 is 0 Å². The van der Waals surface area contributed by atoms with Crippen LogP contribution in [0.15, 0.2) is 47.1 Å². The first kappa shape index (κ1) is 12.2. The van der Waals surface area contributed by atoms with Gasteiger partial charge in [0.15, 0.2) is 5.76 Å². The molecule has 0 spiro atoms. The van der Waals surface area contributed by atoms with Gasteiger partial charge in [-0.25, -0.2) is 9.78 Å². The summed E-state index contributed by atoms with van der Waals surface area (Å²) in [5.41, 5.74) is 1.24. The number of hydrogen-bond donors (Lipinski definition) is 1. The second-order valence-electron chi connectivity index (χ2n) is 4.22. The number of pyridine rings is 1. The molecule has 0 saturated heterocycles. The molecule has 1 aromatic carbocycles. The average Bonchev–Trinajstić information content (AvgIpc) is 2.99. The average molecular weight is 269 g/mol. The first-order valence-corrected chi connectivity index (χ1v) is 5.95. The number of aromatic nitrogens is 1. The van der Waals surface area contributed by atoms with E-state index in [1.54, 1.807) is 30.3 Å². The molecule has 0 radical (unpaired) electrons. The number of carboxylic acids is 1. The van der Waals surface area contributed by atoms with Crippen LogP contribution in [-0.2, 0) is 0 Å². The first-order chi connectivity index (χ1) is 9.69. The summed E-state index contributed by atoms with van der Waals surface area (Å²) in [5, 5.41) is 9.90. The summed E-state index contributed by atoms with van der Waals surface area (Å²) in [6.07, 6.45) is 1.52. The van der Waals surface area contributed by atoms with Gasteiger partial charge in [0.05, 0.1) is 24.5 Å². The highest BCUT2D eigenvalue weighted by atomic mass is 16.5. The van der Waals surface area contributed by atoms with E-state index < -0.39 is 5.97 Å². The van der Waals surface area contributed by atoms with Crippen molar-refractivity contribution in [1.82, 2.24) is 4.98 Å².